The van der Waals surface area contributed by atoms with Crippen molar-refractivity contribution >= 4 is 35.8 Å². The minimum atomic E-state index is -0.710. The fourth-order valence-electron chi connectivity index (χ4n) is 10.6. The monoisotopic (exact) mass is 1340 g/mol. The van der Waals surface area contributed by atoms with Gasteiger partial charge in [0.05, 0.1) is 59.8 Å². The maximum absolute atomic E-state index is 13.1. The number of carbonyl (C=O) groups is 6. The van der Waals surface area contributed by atoms with Gasteiger partial charge in [0.25, 0.3) is 0 Å². The molecule has 0 heterocycles. The summed E-state index contributed by atoms with van der Waals surface area (Å²) in [6.45, 7) is 6.92. The molecule has 0 amide bonds. The Labute approximate surface area is 582 Å². The van der Waals surface area contributed by atoms with Gasteiger partial charge in [0, 0.05) is 6.07 Å². The molecule has 0 radical (unpaired) electrons. The predicted octanol–water partition coefficient (Wildman–Crippen LogP) is 20.2. The second kappa shape index (κ2) is 42.5. The predicted molar refractivity (Wildman–Crippen MR) is 381 cm³/mol. The van der Waals surface area contributed by atoms with Crippen LogP contribution in [0.25, 0.3) is 0 Å². The van der Waals surface area contributed by atoms with Gasteiger partial charge >= 0.3 is 35.8 Å². The normalized spacial score (nSPS) is 10.8. The number of benzene rings is 8. The average Bonchev–Trinajstić information content (AvgIpc) is 0.999. The van der Waals surface area contributed by atoms with E-state index in [1.807, 2.05) is 12.1 Å². The van der Waals surface area contributed by atoms with E-state index in [0.717, 1.165) is 75.7 Å². The summed E-state index contributed by atoms with van der Waals surface area (Å²) in [4.78, 5) is 77.7. The van der Waals surface area contributed by atoms with E-state index in [2.05, 4.69) is 13.8 Å². The van der Waals surface area contributed by atoms with Crippen molar-refractivity contribution in [2.75, 3.05) is 26.4 Å². The van der Waals surface area contributed by atoms with E-state index in [1.54, 1.807) is 91.0 Å². The lowest BCUT2D eigenvalue weighted by Crippen LogP contribution is -2.11. The van der Waals surface area contributed by atoms with Crippen molar-refractivity contribution in [1.29, 1.82) is 0 Å². The standard InChI is InChI=1S/C83H92O16/c1-3-5-7-9-10-11-13-16-19-23-58-91-69-43-29-62(30-44-69)78(84)94-72-47-35-65(36-48-72)81(87)96-74-51-39-67(40-52-74)83(89)99-77-28-26-27-76(61-77)98-82(88)66-37-49-73(50-38-66)95-79(85)63-31-45-70(46-32-63)92-59-24-20-17-14-12-15-18-21-25-60-93-71-53-55-75(56-54-71)97-80(86)64-33-41-68(42-34-64)90-57-22-8-6-4-2/h26-56,61H,3-25,57-60H2,1-2H3. The minimum Gasteiger partial charge on any atom is -0.494 e. The van der Waals surface area contributed by atoms with Crippen LogP contribution in [0, 0.1) is 0 Å². The van der Waals surface area contributed by atoms with Crippen LogP contribution in [-0.4, -0.2) is 62.2 Å². The van der Waals surface area contributed by atoms with Crippen LogP contribution in [0.5, 0.6) is 57.5 Å². The fraction of sp³-hybridized carbons (Fsp3) is 0.349. The lowest BCUT2D eigenvalue weighted by atomic mass is 10.1. The third kappa shape index (κ3) is 27.3. The van der Waals surface area contributed by atoms with Gasteiger partial charge in [-0.25, -0.2) is 28.8 Å². The van der Waals surface area contributed by atoms with Crippen molar-refractivity contribution in [2.45, 2.75) is 162 Å². The molecule has 16 heteroatoms. The number of unbranched alkanes of at least 4 members (excludes halogenated alkanes) is 20. The van der Waals surface area contributed by atoms with Crippen molar-refractivity contribution < 1.29 is 76.1 Å². The summed E-state index contributed by atoms with van der Waals surface area (Å²) in [7, 11) is 0. The minimum absolute atomic E-state index is 0.112. The van der Waals surface area contributed by atoms with Gasteiger partial charge < -0.3 is 47.4 Å². The van der Waals surface area contributed by atoms with Crippen molar-refractivity contribution in [3.8, 4) is 57.5 Å². The molecule has 0 aliphatic heterocycles. The number of rotatable bonds is 44. The summed E-state index contributed by atoms with van der Waals surface area (Å²) in [5.41, 5.74) is 1.71. The summed E-state index contributed by atoms with van der Waals surface area (Å²) in [6.07, 6.45) is 27.0. The second-order valence-corrected chi connectivity index (χ2v) is 24.2. The van der Waals surface area contributed by atoms with Crippen LogP contribution < -0.4 is 47.4 Å². The van der Waals surface area contributed by atoms with Gasteiger partial charge in [-0.05, 0) is 208 Å². The van der Waals surface area contributed by atoms with Gasteiger partial charge in [0.1, 0.15) is 57.5 Å². The Bertz CT molecular complexity index is 3720. The van der Waals surface area contributed by atoms with E-state index in [9.17, 15) is 28.8 Å². The van der Waals surface area contributed by atoms with Crippen LogP contribution in [0.3, 0.4) is 0 Å². The smallest absolute Gasteiger partial charge is 0.343 e. The molecule has 0 saturated carbocycles. The molecule has 0 aromatic heterocycles. The molecular weight excluding hydrogens is 1250 g/mol. The fourth-order valence-corrected chi connectivity index (χ4v) is 10.6. The first-order valence-corrected chi connectivity index (χ1v) is 35.1. The van der Waals surface area contributed by atoms with E-state index in [4.69, 9.17) is 47.4 Å². The number of hydrogen-bond donors (Lipinski definition) is 0. The third-order valence-corrected chi connectivity index (χ3v) is 16.3. The van der Waals surface area contributed by atoms with Crippen LogP contribution in [-0.2, 0) is 0 Å². The quantitative estimate of drug-likeness (QED) is 0.0199. The number of ether oxygens (including phenoxy) is 10. The molecule has 0 N–H and O–H groups in total. The molecule has 8 rings (SSSR count). The highest BCUT2D eigenvalue weighted by molar-refractivity contribution is 5.95. The van der Waals surface area contributed by atoms with E-state index in [0.29, 0.717) is 60.4 Å². The van der Waals surface area contributed by atoms with Crippen LogP contribution in [0.4, 0.5) is 0 Å². The lowest BCUT2D eigenvalue weighted by molar-refractivity contribution is 0.0718. The summed E-state index contributed by atoms with van der Waals surface area (Å²) >= 11 is 0. The molecule has 520 valence electrons. The van der Waals surface area contributed by atoms with Crippen molar-refractivity contribution in [2.24, 2.45) is 0 Å². The summed E-state index contributed by atoms with van der Waals surface area (Å²) in [6, 6.07) is 51.4. The first-order valence-electron chi connectivity index (χ1n) is 35.1. The van der Waals surface area contributed by atoms with Crippen molar-refractivity contribution in [3.63, 3.8) is 0 Å². The zero-order valence-corrected chi connectivity index (χ0v) is 57.1. The van der Waals surface area contributed by atoms with Crippen LogP contribution >= 0.6 is 0 Å². The van der Waals surface area contributed by atoms with E-state index in [1.165, 1.54) is 174 Å². The third-order valence-electron chi connectivity index (χ3n) is 16.3. The highest BCUT2D eigenvalue weighted by Gasteiger charge is 2.18. The molecule has 0 unspecified atom stereocenters. The molecule has 0 spiro atoms. The van der Waals surface area contributed by atoms with E-state index >= 15 is 0 Å². The SMILES string of the molecule is CCCCCCCCCCCCOc1ccc(C(=O)Oc2ccc(C(=O)Oc3ccc(C(=O)Oc4cccc(OC(=O)c5ccc(OC(=O)c6ccc(OCCCCCCCCCCCOc7ccc(OC(=O)c8ccc(OCCCCCC)cc8)cc7)cc6)cc5)c4)cc3)cc2)cc1. The average molecular weight is 1350 g/mol. The molecule has 8 aromatic rings. The Kier molecular flexibility index (Phi) is 32.0. The van der Waals surface area contributed by atoms with E-state index in [-0.39, 0.29) is 45.4 Å². The molecule has 0 bridgehead atoms. The lowest BCUT2D eigenvalue weighted by Gasteiger charge is -2.09. The Morgan fingerprint density at radius 1 is 0.202 bits per heavy atom. The summed E-state index contributed by atoms with van der Waals surface area (Å²) in [5.74, 6) is 0.566. The summed E-state index contributed by atoms with van der Waals surface area (Å²) < 4.78 is 56.8. The topological polar surface area (TPSA) is 195 Å². The maximum Gasteiger partial charge on any atom is 0.343 e. The van der Waals surface area contributed by atoms with Crippen molar-refractivity contribution in [3.05, 3.63) is 228 Å². The van der Waals surface area contributed by atoms with Gasteiger partial charge in [-0.1, -0.05) is 142 Å². The molecule has 0 fully saturated rings. The number of carbonyl (C=O) groups excluding carboxylic acids is 6. The first-order chi connectivity index (χ1) is 48.5. The van der Waals surface area contributed by atoms with Gasteiger partial charge in [0.15, 0.2) is 0 Å². The van der Waals surface area contributed by atoms with Crippen LogP contribution in [0.2, 0.25) is 0 Å². The highest BCUT2D eigenvalue weighted by Crippen LogP contribution is 2.27. The molecule has 0 aliphatic rings. The first kappa shape index (κ1) is 74.6. The number of hydrogen-bond acceptors (Lipinski definition) is 16. The second-order valence-electron chi connectivity index (χ2n) is 24.2. The molecule has 16 nitrogen and oxygen atoms in total. The maximum atomic E-state index is 13.1. The van der Waals surface area contributed by atoms with Gasteiger partial charge in [0.2, 0.25) is 0 Å². The molecule has 0 saturated heterocycles. The van der Waals surface area contributed by atoms with Gasteiger partial charge in [-0.2, -0.15) is 0 Å². The van der Waals surface area contributed by atoms with Gasteiger partial charge in [-0.15, -0.1) is 0 Å². The van der Waals surface area contributed by atoms with E-state index < -0.39 is 35.8 Å². The molecular formula is C83H92O16. The van der Waals surface area contributed by atoms with Crippen molar-refractivity contribution in [1.82, 2.24) is 0 Å². The Morgan fingerprint density at radius 3 is 0.606 bits per heavy atom. The summed E-state index contributed by atoms with van der Waals surface area (Å²) in [5, 5.41) is 0. The Morgan fingerprint density at radius 2 is 0.374 bits per heavy atom. The highest BCUT2D eigenvalue weighted by atomic mass is 16.6. The molecule has 0 aliphatic carbocycles. The zero-order chi connectivity index (χ0) is 69.5. The number of esters is 6. The Hall–Kier alpha value is -10.2. The molecule has 8 aromatic carbocycles. The van der Waals surface area contributed by atoms with Gasteiger partial charge in [-0.3, -0.25) is 0 Å². The van der Waals surface area contributed by atoms with Crippen LogP contribution in [0.1, 0.15) is 224 Å². The zero-order valence-electron chi connectivity index (χ0n) is 57.1. The molecule has 99 heavy (non-hydrogen) atoms. The molecule has 0 atom stereocenters. The largest absolute Gasteiger partial charge is 0.494 e. The van der Waals surface area contributed by atoms with Crippen LogP contribution in [0.15, 0.2) is 194 Å². The Balaban J connectivity index is 0.635.